The van der Waals surface area contributed by atoms with E-state index in [9.17, 15) is 0 Å². The lowest BCUT2D eigenvalue weighted by Gasteiger charge is -2.17. The Morgan fingerprint density at radius 3 is 2.38 bits per heavy atom. The molecule has 0 bridgehead atoms. The van der Waals surface area contributed by atoms with Crippen molar-refractivity contribution in [3.8, 4) is 22.8 Å². The van der Waals surface area contributed by atoms with Gasteiger partial charge in [0.1, 0.15) is 16.5 Å². The average Bonchev–Trinajstić information content (AvgIpc) is 2.65. The number of benzene rings is 1. The predicted octanol–water partition coefficient (Wildman–Crippen LogP) is 3.59. The molecular weight excluding hydrogens is 322 g/mol. The molecule has 0 radical (unpaired) electrons. The van der Waals surface area contributed by atoms with Crippen LogP contribution in [0, 0.1) is 0 Å². The molecule has 24 heavy (non-hydrogen) atoms. The highest BCUT2D eigenvalue weighted by Gasteiger charge is 2.10. The van der Waals surface area contributed by atoms with Crippen molar-refractivity contribution in [3.63, 3.8) is 0 Å². The second-order valence-corrected chi connectivity index (χ2v) is 6.31. The summed E-state index contributed by atoms with van der Waals surface area (Å²) in [5.74, 6) is 2.54. The van der Waals surface area contributed by atoms with Crippen LogP contribution in [-0.2, 0) is 0 Å². The third-order valence-electron chi connectivity index (χ3n) is 3.87. The molecule has 0 spiro atoms. The SMILES string of the molecule is CCN(CC)CCSc1ccc(-c2cc(OC)ccc2OC)nn1. The smallest absolute Gasteiger partial charge is 0.128 e. The van der Waals surface area contributed by atoms with Crippen molar-refractivity contribution in [1.82, 2.24) is 15.1 Å². The highest BCUT2D eigenvalue weighted by atomic mass is 32.2. The van der Waals surface area contributed by atoms with Gasteiger partial charge in [0, 0.05) is 17.9 Å². The van der Waals surface area contributed by atoms with Crippen molar-refractivity contribution < 1.29 is 9.47 Å². The van der Waals surface area contributed by atoms with Gasteiger partial charge in [-0.05, 0) is 43.4 Å². The van der Waals surface area contributed by atoms with E-state index in [2.05, 4.69) is 28.9 Å². The van der Waals surface area contributed by atoms with Crippen LogP contribution < -0.4 is 9.47 Å². The fraction of sp³-hybridized carbons (Fsp3) is 0.444. The van der Waals surface area contributed by atoms with Gasteiger partial charge in [0.2, 0.25) is 0 Å². The lowest BCUT2D eigenvalue weighted by Crippen LogP contribution is -2.25. The molecule has 0 aliphatic carbocycles. The number of nitrogens with zero attached hydrogens (tertiary/aromatic N) is 3. The number of thioether (sulfide) groups is 1. The standard InChI is InChI=1S/C18H25N3O2S/c1-5-21(6-2)11-12-24-18-10-8-16(19-20-18)15-13-14(22-3)7-9-17(15)23-4/h7-10,13H,5-6,11-12H2,1-4H3. The monoisotopic (exact) mass is 347 g/mol. The summed E-state index contributed by atoms with van der Waals surface area (Å²) in [4.78, 5) is 2.40. The van der Waals surface area contributed by atoms with Crippen LogP contribution in [0.2, 0.25) is 0 Å². The first-order chi connectivity index (χ1) is 11.7. The average molecular weight is 347 g/mol. The summed E-state index contributed by atoms with van der Waals surface area (Å²) in [5.41, 5.74) is 1.66. The number of ether oxygens (including phenoxy) is 2. The minimum absolute atomic E-state index is 0.757. The Bertz CT molecular complexity index is 631. The van der Waals surface area contributed by atoms with Gasteiger partial charge in [-0.3, -0.25) is 0 Å². The first-order valence-corrected chi connectivity index (χ1v) is 9.11. The van der Waals surface area contributed by atoms with Crippen LogP contribution in [0.3, 0.4) is 0 Å². The molecule has 0 atom stereocenters. The Morgan fingerprint density at radius 2 is 1.79 bits per heavy atom. The van der Waals surface area contributed by atoms with Crippen LogP contribution in [0.15, 0.2) is 35.4 Å². The minimum atomic E-state index is 0.757. The van der Waals surface area contributed by atoms with Crippen molar-refractivity contribution in [2.75, 3.05) is 39.6 Å². The van der Waals surface area contributed by atoms with Gasteiger partial charge in [-0.25, -0.2) is 0 Å². The summed E-state index contributed by atoms with van der Waals surface area (Å²) >= 11 is 1.73. The molecule has 2 rings (SSSR count). The van der Waals surface area contributed by atoms with E-state index in [4.69, 9.17) is 9.47 Å². The summed E-state index contributed by atoms with van der Waals surface area (Å²) in [7, 11) is 3.29. The van der Waals surface area contributed by atoms with E-state index < -0.39 is 0 Å². The maximum atomic E-state index is 5.41. The van der Waals surface area contributed by atoms with E-state index in [-0.39, 0.29) is 0 Å². The van der Waals surface area contributed by atoms with Crippen molar-refractivity contribution in [2.24, 2.45) is 0 Å². The minimum Gasteiger partial charge on any atom is -0.497 e. The van der Waals surface area contributed by atoms with E-state index in [0.717, 1.165) is 53.2 Å². The summed E-state index contributed by atoms with van der Waals surface area (Å²) in [6, 6.07) is 9.64. The van der Waals surface area contributed by atoms with Gasteiger partial charge in [-0.1, -0.05) is 13.8 Å². The van der Waals surface area contributed by atoms with Crippen molar-refractivity contribution in [3.05, 3.63) is 30.3 Å². The maximum Gasteiger partial charge on any atom is 0.128 e. The first kappa shape index (κ1) is 18.5. The van der Waals surface area contributed by atoms with Crippen LogP contribution >= 0.6 is 11.8 Å². The van der Waals surface area contributed by atoms with Gasteiger partial charge in [-0.15, -0.1) is 22.0 Å². The quantitative estimate of drug-likeness (QED) is 0.646. The molecule has 2 aromatic rings. The number of methoxy groups -OCH3 is 2. The number of aromatic nitrogens is 2. The van der Waals surface area contributed by atoms with Gasteiger partial charge in [0.15, 0.2) is 0 Å². The molecule has 0 unspecified atom stereocenters. The molecule has 1 aromatic carbocycles. The molecule has 5 nitrogen and oxygen atoms in total. The third-order valence-corrected chi connectivity index (χ3v) is 4.77. The van der Waals surface area contributed by atoms with Crippen LogP contribution in [0.5, 0.6) is 11.5 Å². The molecule has 0 aliphatic heterocycles. The van der Waals surface area contributed by atoms with Gasteiger partial charge in [0.25, 0.3) is 0 Å². The molecule has 6 heteroatoms. The molecule has 0 N–H and O–H groups in total. The molecule has 1 aromatic heterocycles. The van der Waals surface area contributed by atoms with Crippen LogP contribution in [0.4, 0.5) is 0 Å². The molecule has 0 saturated carbocycles. The van der Waals surface area contributed by atoms with E-state index in [1.165, 1.54) is 0 Å². The summed E-state index contributed by atoms with van der Waals surface area (Å²) in [6.45, 7) is 7.59. The third kappa shape index (κ3) is 4.85. The molecule has 130 valence electrons. The fourth-order valence-corrected chi connectivity index (χ4v) is 3.20. The Morgan fingerprint density at radius 1 is 1.00 bits per heavy atom. The van der Waals surface area contributed by atoms with Crippen LogP contribution in [0.25, 0.3) is 11.3 Å². The Labute approximate surface area is 148 Å². The Balaban J connectivity index is 2.06. The number of rotatable bonds is 9. The molecule has 0 fully saturated rings. The van der Waals surface area contributed by atoms with Gasteiger partial charge >= 0.3 is 0 Å². The number of hydrogen-bond acceptors (Lipinski definition) is 6. The zero-order chi connectivity index (χ0) is 17.4. The summed E-state index contributed by atoms with van der Waals surface area (Å²) < 4.78 is 10.7. The fourth-order valence-electron chi connectivity index (χ4n) is 2.37. The summed E-state index contributed by atoms with van der Waals surface area (Å²) in [5, 5.41) is 9.62. The van der Waals surface area contributed by atoms with Crippen molar-refractivity contribution in [1.29, 1.82) is 0 Å². The molecule has 0 amide bonds. The van der Waals surface area contributed by atoms with Gasteiger partial charge < -0.3 is 14.4 Å². The Hall–Kier alpha value is -1.79. The topological polar surface area (TPSA) is 47.5 Å². The second kappa shape index (κ2) is 9.49. The molecule has 1 heterocycles. The van der Waals surface area contributed by atoms with E-state index in [1.807, 2.05) is 30.3 Å². The molecular formula is C18H25N3O2S. The maximum absolute atomic E-state index is 5.41. The highest BCUT2D eigenvalue weighted by molar-refractivity contribution is 7.99. The largest absolute Gasteiger partial charge is 0.497 e. The predicted molar refractivity (Wildman–Crippen MR) is 99.1 cm³/mol. The van der Waals surface area contributed by atoms with Crippen molar-refractivity contribution >= 4 is 11.8 Å². The lowest BCUT2D eigenvalue weighted by atomic mass is 10.1. The van der Waals surface area contributed by atoms with Crippen molar-refractivity contribution in [2.45, 2.75) is 18.9 Å². The highest BCUT2D eigenvalue weighted by Crippen LogP contribution is 2.32. The molecule has 0 aliphatic rings. The van der Waals surface area contributed by atoms with E-state index in [0.29, 0.717) is 0 Å². The van der Waals surface area contributed by atoms with E-state index >= 15 is 0 Å². The first-order valence-electron chi connectivity index (χ1n) is 8.13. The second-order valence-electron chi connectivity index (χ2n) is 5.20. The Kier molecular flexibility index (Phi) is 7.34. The summed E-state index contributed by atoms with van der Waals surface area (Å²) in [6.07, 6.45) is 0. The van der Waals surface area contributed by atoms with Crippen LogP contribution in [0.1, 0.15) is 13.8 Å². The lowest BCUT2D eigenvalue weighted by molar-refractivity contribution is 0.324. The number of hydrogen-bond donors (Lipinski definition) is 0. The van der Waals surface area contributed by atoms with Gasteiger partial charge in [0.05, 0.1) is 19.9 Å². The van der Waals surface area contributed by atoms with E-state index in [1.54, 1.807) is 26.0 Å². The zero-order valence-corrected chi connectivity index (χ0v) is 15.6. The molecule has 0 saturated heterocycles. The van der Waals surface area contributed by atoms with Gasteiger partial charge in [-0.2, -0.15) is 0 Å². The van der Waals surface area contributed by atoms with Crippen LogP contribution in [-0.4, -0.2) is 54.7 Å². The zero-order valence-electron chi connectivity index (χ0n) is 14.8. The normalized spacial score (nSPS) is 10.9.